The van der Waals surface area contributed by atoms with Gasteiger partial charge < -0.3 is 5.32 Å². The Morgan fingerprint density at radius 1 is 1.26 bits per heavy atom. The lowest BCUT2D eigenvalue weighted by Gasteiger charge is -2.10. The minimum Gasteiger partial charge on any atom is -0.352 e. The molecule has 27 heavy (non-hydrogen) atoms. The zero-order chi connectivity index (χ0) is 19.4. The number of carbonyl (C=O) groups is 2. The van der Waals surface area contributed by atoms with E-state index in [1.165, 1.54) is 0 Å². The summed E-state index contributed by atoms with van der Waals surface area (Å²) in [5.74, 6) is -0.197. The maximum absolute atomic E-state index is 12.8. The van der Waals surface area contributed by atoms with E-state index >= 15 is 0 Å². The molecule has 1 amide bonds. The lowest BCUT2D eigenvalue weighted by molar-refractivity contribution is -0.111. The van der Waals surface area contributed by atoms with Crippen molar-refractivity contribution in [3.05, 3.63) is 47.8 Å². The number of nitrogens with one attached hydrogen (secondary N) is 1. The maximum atomic E-state index is 12.8. The summed E-state index contributed by atoms with van der Waals surface area (Å²) in [6.45, 7) is 5.10. The highest BCUT2D eigenvalue weighted by Gasteiger charge is 2.16. The second kappa shape index (κ2) is 8.31. The number of carbonyl (C=O) groups excluding carboxylic acids is 2. The van der Waals surface area contributed by atoms with Crippen LogP contribution in [0.2, 0.25) is 0 Å². The molecule has 0 aliphatic heterocycles. The van der Waals surface area contributed by atoms with Gasteiger partial charge in [0.1, 0.15) is 0 Å². The lowest BCUT2D eigenvalue weighted by Crippen LogP contribution is -2.25. The normalized spacial score (nSPS) is 10.9. The molecule has 2 heterocycles. The van der Waals surface area contributed by atoms with E-state index in [1.54, 1.807) is 6.07 Å². The smallest absolute Gasteiger partial charge is 0.252 e. The van der Waals surface area contributed by atoms with E-state index in [1.807, 2.05) is 49.0 Å². The number of aryl methyl sites for hydroxylation is 2. The molecule has 0 spiro atoms. The number of hydrogen-bond donors (Lipinski definition) is 1. The van der Waals surface area contributed by atoms with Gasteiger partial charge >= 0.3 is 0 Å². The molecule has 0 atom stereocenters. The second-order valence-electron chi connectivity index (χ2n) is 6.27. The first kappa shape index (κ1) is 19.0. The summed E-state index contributed by atoms with van der Waals surface area (Å²) >= 11 is 5.34. The van der Waals surface area contributed by atoms with Crippen molar-refractivity contribution in [3.8, 4) is 11.3 Å². The largest absolute Gasteiger partial charge is 0.352 e. The fraction of sp³-hybridized carbons (Fsp3) is 0.300. The summed E-state index contributed by atoms with van der Waals surface area (Å²) in [5, 5.41) is 7.71. The van der Waals surface area contributed by atoms with Crippen LogP contribution in [0.4, 0.5) is 0 Å². The molecule has 0 unspecified atom stereocenters. The molecule has 0 bridgehead atoms. The highest BCUT2D eigenvalue weighted by molar-refractivity contribution is 6.63. The Balaban J connectivity index is 1.97. The van der Waals surface area contributed by atoms with Crippen LogP contribution in [-0.2, 0) is 11.3 Å². The summed E-state index contributed by atoms with van der Waals surface area (Å²) in [6.07, 6.45) is 2.69. The molecular weight excluding hydrogens is 364 g/mol. The number of pyridine rings is 1. The Kier molecular flexibility index (Phi) is 5.86. The van der Waals surface area contributed by atoms with Crippen molar-refractivity contribution in [2.45, 2.75) is 33.2 Å². The number of para-hydroxylation sites is 1. The highest BCUT2D eigenvalue weighted by atomic mass is 35.5. The number of aromatic nitrogens is 3. The van der Waals surface area contributed by atoms with Gasteiger partial charge in [0.05, 0.1) is 22.5 Å². The van der Waals surface area contributed by atoms with Gasteiger partial charge in [0, 0.05) is 36.7 Å². The summed E-state index contributed by atoms with van der Waals surface area (Å²) in [6, 6.07) is 9.35. The summed E-state index contributed by atoms with van der Waals surface area (Å²) in [7, 11) is 0. The average Bonchev–Trinajstić information content (AvgIpc) is 3.05. The van der Waals surface area contributed by atoms with Crippen molar-refractivity contribution < 1.29 is 9.59 Å². The van der Waals surface area contributed by atoms with E-state index in [4.69, 9.17) is 16.6 Å². The number of fused-ring (bicyclic) bond motifs is 1. The van der Waals surface area contributed by atoms with Gasteiger partial charge in [-0.1, -0.05) is 18.2 Å². The molecule has 0 aliphatic rings. The molecule has 1 aromatic carbocycles. The standard InChI is InChI=1S/C20H21ClN4O2/c1-3-25-12-16(13(2)24-25)18-11-15(14-7-4-5-8-17(14)23-18)20(27)22-10-6-9-19(21)26/h4-5,7-8,11-12H,3,6,9-10H2,1-2H3,(H,22,27). The molecule has 3 aromatic rings. The van der Waals surface area contributed by atoms with Crippen LogP contribution < -0.4 is 5.32 Å². The van der Waals surface area contributed by atoms with Crippen LogP contribution in [0.3, 0.4) is 0 Å². The van der Waals surface area contributed by atoms with E-state index in [0.717, 1.165) is 28.7 Å². The van der Waals surface area contributed by atoms with Crippen LogP contribution in [0.25, 0.3) is 22.2 Å². The Bertz CT molecular complexity index is 997. The number of nitrogens with zero attached hydrogens (tertiary/aromatic N) is 3. The third-order valence-electron chi connectivity index (χ3n) is 4.34. The van der Waals surface area contributed by atoms with Crippen molar-refractivity contribution >= 4 is 33.7 Å². The van der Waals surface area contributed by atoms with E-state index < -0.39 is 5.24 Å². The van der Waals surface area contributed by atoms with E-state index in [0.29, 0.717) is 24.2 Å². The lowest BCUT2D eigenvalue weighted by atomic mass is 10.0. The third-order valence-corrected chi connectivity index (χ3v) is 4.53. The van der Waals surface area contributed by atoms with Crippen LogP contribution in [0, 0.1) is 6.92 Å². The third kappa shape index (κ3) is 4.34. The molecule has 3 rings (SSSR count). The van der Waals surface area contributed by atoms with Crippen LogP contribution in [0.5, 0.6) is 0 Å². The zero-order valence-corrected chi connectivity index (χ0v) is 16.1. The number of hydrogen-bond acceptors (Lipinski definition) is 4. The van der Waals surface area contributed by atoms with Gasteiger partial charge in [0.15, 0.2) is 0 Å². The predicted octanol–water partition coefficient (Wildman–Crippen LogP) is 3.70. The number of rotatable bonds is 7. The first-order chi connectivity index (χ1) is 13.0. The predicted molar refractivity (Wildman–Crippen MR) is 106 cm³/mol. The average molecular weight is 385 g/mol. The first-order valence-electron chi connectivity index (χ1n) is 8.90. The molecule has 6 nitrogen and oxygen atoms in total. The molecule has 0 fully saturated rings. The summed E-state index contributed by atoms with van der Waals surface area (Å²) in [5.41, 5.74) is 3.79. The Labute approximate surface area is 162 Å². The van der Waals surface area contributed by atoms with Crippen molar-refractivity contribution in [2.24, 2.45) is 0 Å². The molecule has 140 valence electrons. The SMILES string of the molecule is CCn1cc(-c2cc(C(=O)NCCCC(=O)Cl)c3ccccc3n2)c(C)n1. The fourth-order valence-electron chi connectivity index (χ4n) is 2.96. The Hall–Kier alpha value is -2.73. The van der Waals surface area contributed by atoms with E-state index in [9.17, 15) is 9.59 Å². The van der Waals surface area contributed by atoms with Gasteiger partial charge in [-0.05, 0) is 44.0 Å². The topological polar surface area (TPSA) is 76.9 Å². The molecule has 0 saturated carbocycles. The molecule has 0 saturated heterocycles. The molecule has 2 aromatic heterocycles. The molecule has 0 aliphatic carbocycles. The van der Waals surface area contributed by atoms with Crippen molar-refractivity contribution in [2.75, 3.05) is 6.54 Å². The van der Waals surface area contributed by atoms with Crippen molar-refractivity contribution in [1.82, 2.24) is 20.1 Å². The van der Waals surface area contributed by atoms with Gasteiger partial charge in [0.25, 0.3) is 5.91 Å². The monoisotopic (exact) mass is 384 g/mol. The van der Waals surface area contributed by atoms with Crippen molar-refractivity contribution in [3.63, 3.8) is 0 Å². The van der Waals surface area contributed by atoms with Crippen molar-refractivity contribution in [1.29, 1.82) is 0 Å². The van der Waals surface area contributed by atoms with E-state index in [2.05, 4.69) is 10.4 Å². The highest BCUT2D eigenvalue weighted by Crippen LogP contribution is 2.26. The van der Waals surface area contributed by atoms with Crippen LogP contribution >= 0.6 is 11.6 Å². The fourth-order valence-corrected chi connectivity index (χ4v) is 3.09. The minimum atomic E-state index is -0.399. The molecule has 1 N–H and O–H groups in total. The molecular formula is C20H21ClN4O2. The van der Waals surface area contributed by atoms with Gasteiger partial charge in [-0.25, -0.2) is 4.98 Å². The molecule has 0 radical (unpaired) electrons. The second-order valence-corrected chi connectivity index (χ2v) is 6.69. The minimum absolute atomic E-state index is 0.197. The summed E-state index contributed by atoms with van der Waals surface area (Å²) < 4.78 is 1.85. The number of benzene rings is 1. The van der Waals surface area contributed by atoms with E-state index in [-0.39, 0.29) is 12.3 Å². The number of amides is 1. The maximum Gasteiger partial charge on any atom is 0.252 e. The summed E-state index contributed by atoms with van der Waals surface area (Å²) in [4.78, 5) is 28.3. The first-order valence-corrected chi connectivity index (χ1v) is 9.28. The van der Waals surface area contributed by atoms with Crippen LogP contribution in [0.15, 0.2) is 36.5 Å². The van der Waals surface area contributed by atoms with Gasteiger partial charge in [-0.2, -0.15) is 5.10 Å². The molecule has 7 heteroatoms. The van der Waals surface area contributed by atoms with Crippen LogP contribution in [-0.4, -0.2) is 32.5 Å². The quantitative estimate of drug-likeness (QED) is 0.497. The Morgan fingerprint density at radius 2 is 2.04 bits per heavy atom. The number of halogens is 1. The van der Waals surface area contributed by atoms with Gasteiger partial charge in [-0.15, -0.1) is 0 Å². The van der Waals surface area contributed by atoms with Crippen LogP contribution in [0.1, 0.15) is 35.8 Å². The zero-order valence-electron chi connectivity index (χ0n) is 15.3. The van der Waals surface area contributed by atoms with Gasteiger partial charge in [-0.3, -0.25) is 14.3 Å². The Morgan fingerprint density at radius 3 is 2.74 bits per heavy atom. The van der Waals surface area contributed by atoms with Gasteiger partial charge in [0.2, 0.25) is 5.24 Å².